The van der Waals surface area contributed by atoms with Gasteiger partial charge in [0.25, 0.3) is 11.8 Å². The third kappa shape index (κ3) is 2.89. The van der Waals surface area contributed by atoms with Gasteiger partial charge in [0, 0.05) is 30.2 Å². The average Bonchev–Trinajstić information content (AvgIpc) is 3.40. The average molecular weight is 458 g/mol. The van der Waals surface area contributed by atoms with Crippen LogP contribution in [0.2, 0.25) is 5.02 Å². The number of anilines is 1. The molecule has 6 rings (SSSR count). The summed E-state index contributed by atoms with van der Waals surface area (Å²) in [5, 5.41) is 2.96. The highest BCUT2D eigenvalue weighted by Gasteiger charge is 2.40. The van der Waals surface area contributed by atoms with E-state index in [1.165, 1.54) is 5.56 Å². The van der Waals surface area contributed by atoms with E-state index in [1.807, 2.05) is 18.3 Å². The van der Waals surface area contributed by atoms with Crippen molar-refractivity contribution in [2.75, 3.05) is 4.90 Å². The molecule has 1 N–H and O–H groups in total. The molecule has 3 aromatic rings. The minimum atomic E-state index is -0.475. The van der Waals surface area contributed by atoms with Crippen molar-refractivity contribution in [2.24, 2.45) is 10.9 Å². The van der Waals surface area contributed by atoms with Gasteiger partial charge in [0.05, 0.1) is 39.5 Å². The molecular weight excluding hydrogens is 438 g/mol. The molecular formula is C25H20ClN5O2. The fourth-order valence-corrected chi connectivity index (χ4v) is 5.16. The number of fused-ring (bicyclic) bond motifs is 1. The van der Waals surface area contributed by atoms with Crippen molar-refractivity contribution in [3.05, 3.63) is 82.5 Å². The first kappa shape index (κ1) is 19.9. The normalized spacial score (nSPS) is 19.5. The monoisotopic (exact) mass is 457 g/mol. The maximum absolute atomic E-state index is 13.1. The highest BCUT2D eigenvalue weighted by atomic mass is 35.5. The van der Waals surface area contributed by atoms with Gasteiger partial charge in [-0.05, 0) is 30.0 Å². The van der Waals surface area contributed by atoms with Crippen LogP contribution in [-0.2, 0) is 16.0 Å². The van der Waals surface area contributed by atoms with Crippen molar-refractivity contribution in [1.29, 1.82) is 0 Å². The largest absolute Gasteiger partial charge is 0.342 e. The van der Waals surface area contributed by atoms with E-state index < -0.39 is 11.8 Å². The summed E-state index contributed by atoms with van der Waals surface area (Å²) in [5.41, 5.74) is 5.17. The number of amides is 2. The lowest BCUT2D eigenvalue weighted by molar-refractivity contribution is -0.123. The number of halogens is 1. The summed E-state index contributed by atoms with van der Waals surface area (Å²) in [6.07, 6.45) is 7.87. The zero-order valence-electron chi connectivity index (χ0n) is 18.0. The standard InChI is InChI=1S/C25H20ClN5O2/c1-13(2)17-10-14-4-3-5-16-22(27-8-9-30(17)23(14)16)21-20(24(32)29-25(21)33)18-11-28-19-7-6-15(26)12-31(18)19/h3-9,11-13,17H,10H2,1-2H3,(H,29,32,33). The number of aliphatic imine (C=N–C) groups is 1. The number of para-hydroxylation sites is 1. The smallest absolute Gasteiger partial charge is 0.261 e. The number of nitrogens with one attached hydrogen (secondary N) is 1. The van der Waals surface area contributed by atoms with Crippen LogP contribution in [0.3, 0.4) is 0 Å². The Morgan fingerprint density at radius 1 is 1.12 bits per heavy atom. The van der Waals surface area contributed by atoms with E-state index >= 15 is 0 Å². The zero-order valence-corrected chi connectivity index (χ0v) is 18.8. The number of aromatic nitrogens is 2. The second kappa shape index (κ2) is 7.15. The topological polar surface area (TPSA) is 79.1 Å². The maximum atomic E-state index is 13.1. The van der Waals surface area contributed by atoms with Gasteiger partial charge in [-0.1, -0.05) is 43.6 Å². The molecule has 164 valence electrons. The van der Waals surface area contributed by atoms with Crippen molar-refractivity contribution in [3.63, 3.8) is 0 Å². The van der Waals surface area contributed by atoms with Gasteiger partial charge >= 0.3 is 0 Å². The Morgan fingerprint density at radius 3 is 2.76 bits per heavy atom. The second-order valence-corrected chi connectivity index (χ2v) is 9.20. The van der Waals surface area contributed by atoms with Crippen LogP contribution in [0.25, 0.3) is 11.2 Å². The van der Waals surface area contributed by atoms with Crippen LogP contribution in [0, 0.1) is 5.92 Å². The molecule has 2 aromatic heterocycles. The number of imidazole rings is 1. The van der Waals surface area contributed by atoms with Crippen LogP contribution in [0.5, 0.6) is 0 Å². The lowest BCUT2D eigenvalue weighted by Gasteiger charge is -2.27. The molecule has 0 fully saturated rings. The molecule has 2 amide bonds. The van der Waals surface area contributed by atoms with Crippen LogP contribution < -0.4 is 10.2 Å². The van der Waals surface area contributed by atoms with E-state index in [0.717, 1.165) is 17.7 Å². The van der Waals surface area contributed by atoms with Crippen LogP contribution in [-0.4, -0.2) is 33.0 Å². The first-order valence-electron chi connectivity index (χ1n) is 10.8. The summed E-state index contributed by atoms with van der Waals surface area (Å²) < 4.78 is 1.72. The number of rotatable bonds is 3. The van der Waals surface area contributed by atoms with Crippen molar-refractivity contribution >= 4 is 46.0 Å². The van der Waals surface area contributed by atoms with E-state index in [1.54, 1.807) is 35.1 Å². The number of hydrogen-bond donors (Lipinski definition) is 1. The Kier molecular flexibility index (Phi) is 4.32. The Labute approximate surface area is 195 Å². The van der Waals surface area contributed by atoms with E-state index in [4.69, 9.17) is 11.6 Å². The molecule has 0 saturated carbocycles. The van der Waals surface area contributed by atoms with E-state index in [9.17, 15) is 9.59 Å². The number of pyridine rings is 1. The van der Waals surface area contributed by atoms with Crippen LogP contribution >= 0.6 is 11.6 Å². The number of imide groups is 1. The van der Waals surface area contributed by atoms with Gasteiger partial charge in [0.2, 0.25) is 0 Å². The van der Waals surface area contributed by atoms with Gasteiger partial charge in [-0.15, -0.1) is 0 Å². The molecule has 3 aliphatic rings. The molecule has 0 bridgehead atoms. The molecule has 3 aliphatic heterocycles. The Balaban J connectivity index is 1.60. The molecule has 0 saturated heterocycles. The first-order chi connectivity index (χ1) is 15.9. The van der Waals surface area contributed by atoms with E-state index in [0.29, 0.717) is 34.0 Å². The number of nitrogens with zero attached hydrogens (tertiary/aromatic N) is 4. The van der Waals surface area contributed by atoms with E-state index in [-0.39, 0.29) is 11.1 Å². The SMILES string of the molecule is CC(C)C1Cc2cccc3c2N1C=CN=C3C1=C(c2cnc3ccc(Cl)cn23)C(=O)NC1=O. The molecule has 33 heavy (non-hydrogen) atoms. The fourth-order valence-electron chi connectivity index (χ4n) is 5.00. The summed E-state index contributed by atoms with van der Waals surface area (Å²) >= 11 is 6.20. The maximum Gasteiger partial charge on any atom is 0.261 e. The molecule has 7 nitrogen and oxygen atoms in total. The van der Waals surface area contributed by atoms with Gasteiger partial charge in [-0.25, -0.2) is 4.98 Å². The summed E-state index contributed by atoms with van der Waals surface area (Å²) in [4.78, 5) is 37.4. The Bertz CT molecular complexity index is 1460. The van der Waals surface area contributed by atoms with Crippen LogP contribution in [0.4, 0.5) is 5.69 Å². The summed E-state index contributed by atoms with van der Waals surface area (Å²) in [7, 11) is 0. The summed E-state index contributed by atoms with van der Waals surface area (Å²) in [5.74, 6) is -0.508. The second-order valence-electron chi connectivity index (χ2n) is 8.76. The molecule has 0 spiro atoms. The predicted octanol–water partition coefficient (Wildman–Crippen LogP) is 3.76. The van der Waals surface area contributed by atoms with Crippen molar-refractivity contribution in [2.45, 2.75) is 26.3 Å². The Hall–Kier alpha value is -3.71. The lowest BCUT2D eigenvalue weighted by atomic mass is 9.94. The molecule has 5 heterocycles. The number of benzene rings is 1. The third-order valence-electron chi connectivity index (χ3n) is 6.51. The van der Waals surface area contributed by atoms with Crippen molar-refractivity contribution in [1.82, 2.24) is 14.7 Å². The van der Waals surface area contributed by atoms with Gasteiger partial charge in [-0.2, -0.15) is 0 Å². The number of carbonyl (C=O) groups excluding carboxylic acids is 2. The molecule has 1 aromatic carbocycles. The fraction of sp³-hybridized carbons (Fsp3) is 0.200. The minimum Gasteiger partial charge on any atom is -0.342 e. The lowest BCUT2D eigenvalue weighted by Crippen LogP contribution is -2.32. The summed E-state index contributed by atoms with van der Waals surface area (Å²) in [6.45, 7) is 4.41. The molecule has 0 radical (unpaired) electrons. The molecule has 1 atom stereocenters. The molecule has 8 heteroatoms. The zero-order chi connectivity index (χ0) is 22.9. The van der Waals surface area contributed by atoms with E-state index in [2.05, 4.69) is 40.1 Å². The van der Waals surface area contributed by atoms with Crippen molar-refractivity contribution in [3.8, 4) is 0 Å². The minimum absolute atomic E-state index is 0.242. The van der Waals surface area contributed by atoms with Gasteiger partial charge in [0.1, 0.15) is 5.65 Å². The van der Waals surface area contributed by atoms with Gasteiger partial charge in [0.15, 0.2) is 0 Å². The van der Waals surface area contributed by atoms with Gasteiger partial charge < -0.3 is 4.90 Å². The Morgan fingerprint density at radius 2 is 1.94 bits per heavy atom. The molecule has 1 unspecified atom stereocenters. The third-order valence-corrected chi connectivity index (χ3v) is 6.74. The summed E-state index contributed by atoms with van der Waals surface area (Å²) in [6, 6.07) is 9.87. The predicted molar refractivity (Wildman–Crippen MR) is 127 cm³/mol. The van der Waals surface area contributed by atoms with Crippen LogP contribution in [0.15, 0.2) is 65.7 Å². The highest BCUT2D eigenvalue weighted by molar-refractivity contribution is 6.47. The van der Waals surface area contributed by atoms with Gasteiger partial charge in [-0.3, -0.25) is 24.3 Å². The number of hydrogen-bond acceptors (Lipinski definition) is 5. The highest BCUT2D eigenvalue weighted by Crippen LogP contribution is 2.41. The number of carbonyl (C=O) groups is 2. The molecule has 0 aliphatic carbocycles. The first-order valence-corrected chi connectivity index (χ1v) is 11.2. The van der Waals surface area contributed by atoms with Crippen LogP contribution in [0.1, 0.15) is 30.7 Å². The van der Waals surface area contributed by atoms with Crippen molar-refractivity contribution < 1.29 is 9.59 Å². The quantitative estimate of drug-likeness (QED) is 0.607.